The third kappa shape index (κ3) is 4.26. The lowest BCUT2D eigenvalue weighted by molar-refractivity contribution is -0.129. The first-order chi connectivity index (χ1) is 13.4. The minimum absolute atomic E-state index is 0.0571. The van der Waals surface area contributed by atoms with Crippen molar-refractivity contribution in [1.29, 1.82) is 0 Å². The minimum atomic E-state index is -3.53. The maximum atomic E-state index is 12.7. The molecule has 1 fully saturated rings. The van der Waals surface area contributed by atoms with E-state index >= 15 is 0 Å². The molecule has 9 heteroatoms. The number of sulfonamides is 1. The average Bonchev–Trinajstić information content (AvgIpc) is 3.34. The highest BCUT2D eigenvalue weighted by molar-refractivity contribution is 8.00. The number of amides is 1. The van der Waals surface area contributed by atoms with Crippen LogP contribution in [-0.4, -0.2) is 55.5 Å². The van der Waals surface area contributed by atoms with Gasteiger partial charge in [-0.25, -0.2) is 8.42 Å². The van der Waals surface area contributed by atoms with E-state index in [9.17, 15) is 13.2 Å². The van der Waals surface area contributed by atoms with E-state index < -0.39 is 10.0 Å². The molecule has 0 spiro atoms. The van der Waals surface area contributed by atoms with Gasteiger partial charge >= 0.3 is 0 Å². The molecule has 1 amide bonds. The van der Waals surface area contributed by atoms with Crippen LogP contribution in [0, 0.1) is 0 Å². The molecule has 1 saturated heterocycles. The fourth-order valence-corrected chi connectivity index (χ4v) is 7.54. The molecule has 150 valence electrons. The van der Waals surface area contributed by atoms with Crippen LogP contribution in [0.5, 0.6) is 0 Å². The molecule has 4 rings (SSSR count). The van der Waals surface area contributed by atoms with Crippen molar-refractivity contribution in [2.24, 2.45) is 0 Å². The molecule has 1 aromatic carbocycles. The summed E-state index contributed by atoms with van der Waals surface area (Å²) in [6, 6.07) is 9.60. The van der Waals surface area contributed by atoms with Crippen LogP contribution in [0.4, 0.5) is 0 Å². The molecule has 28 heavy (non-hydrogen) atoms. The summed E-state index contributed by atoms with van der Waals surface area (Å²) in [5, 5.41) is 0. The van der Waals surface area contributed by atoms with E-state index in [0.717, 1.165) is 29.1 Å². The molecule has 1 aliphatic carbocycles. The van der Waals surface area contributed by atoms with Gasteiger partial charge < -0.3 is 4.90 Å². The highest BCUT2D eigenvalue weighted by Gasteiger charge is 2.31. The Labute approximate surface area is 178 Å². The number of carbonyl (C=O) groups excluding carboxylic acids is 1. The highest BCUT2D eigenvalue weighted by atomic mass is 35.5. The summed E-state index contributed by atoms with van der Waals surface area (Å²) in [5.74, 6) is 0.438. The lowest BCUT2D eigenvalue weighted by atomic mass is 10.1. The zero-order valence-electron chi connectivity index (χ0n) is 15.3. The molecular weight excluding hydrogens is 436 g/mol. The molecule has 0 radical (unpaired) electrons. The quantitative estimate of drug-likeness (QED) is 0.646. The summed E-state index contributed by atoms with van der Waals surface area (Å²) < 4.78 is 27.4. The van der Waals surface area contributed by atoms with Crippen LogP contribution in [0.1, 0.15) is 17.5 Å². The Morgan fingerprint density at radius 3 is 2.54 bits per heavy atom. The van der Waals surface area contributed by atoms with Crippen LogP contribution >= 0.6 is 34.7 Å². The van der Waals surface area contributed by atoms with Crippen LogP contribution < -0.4 is 0 Å². The van der Waals surface area contributed by atoms with Gasteiger partial charge in [0.25, 0.3) is 10.0 Å². The first-order valence-corrected chi connectivity index (χ1v) is 12.8. The van der Waals surface area contributed by atoms with E-state index in [-0.39, 0.29) is 10.1 Å². The number of piperazine rings is 1. The number of fused-ring (bicyclic) bond motifs is 1. The van der Waals surface area contributed by atoms with Gasteiger partial charge in [0.15, 0.2) is 0 Å². The fourth-order valence-electron chi connectivity index (χ4n) is 3.62. The third-order valence-corrected chi connectivity index (χ3v) is 9.74. The fraction of sp³-hybridized carbons (Fsp3) is 0.421. The average molecular weight is 457 g/mol. The largest absolute Gasteiger partial charge is 0.339 e. The second-order valence-electron chi connectivity index (χ2n) is 6.92. The summed E-state index contributed by atoms with van der Waals surface area (Å²) in [7, 11) is -3.53. The van der Waals surface area contributed by atoms with Gasteiger partial charge in [0.1, 0.15) is 4.21 Å². The predicted molar refractivity (Wildman–Crippen MR) is 114 cm³/mol. The van der Waals surface area contributed by atoms with Crippen LogP contribution in [0.15, 0.2) is 39.4 Å². The zero-order chi connectivity index (χ0) is 19.7. The lowest BCUT2D eigenvalue weighted by Crippen LogP contribution is -2.50. The van der Waals surface area contributed by atoms with Crippen LogP contribution in [-0.2, 0) is 27.7 Å². The molecule has 2 aliphatic rings. The van der Waals surface area contributed by atoms with Gasteiger partial charge in [-0.05, 0) is 54.7 Å². The third-order valence-electron chi connectivity index (χ3n) is 5.17. The van der Waals surface area contributed by atoms with Gasteiger partial charge in [-0.15, -0.1) is 23.1 Å². The first-order valence-electron chi connectivity index (χ1n) is 9.21. The lowest BCUT2D eigenvalue weighted by Gasteiger charge is -2.33. The smallest absolute Gasteiger partial charge is 0.252 e. The normalized spacial score (nSPS) is 17.7. The standard InChI is InChI=1S/C19H21ClN2O3S3/c20-17-6-7-19(27-17)28(24,25)22-10-8-21(9-11-22)18(23)13-26-16-5-4-14-2-1-3-15(14)12-16/h4-7,12H,1-3,8-11,13H2. The second-order valence-corrected chi connectivity index (χ2v) is 11.8. The number of thiophene rings is 1. The van der Waals surface area contributed by atoms with Gasteiger partial charge in [-0.1, -0.05) is 17.7 Å². The van der Waals surface area contributed by atoms with Crippen molar-refractivity contribution in [2.45, 2.75) is 28.4 Å². The van der Waals surface area contributed by atoms with Crippen LogP contribution in [0.2, 0.25) is 4.34 Å². The Bertz CT molecular complexity index is 982. The number of rotatable bonds is 5. The summed E-state index contributed by atoms with van der Waals surface area (Å²) in [6.07, 6.45) is 3.50. The molecule has 0 bridgehead atoms. The molecule has 1 aromatic heterocycles. The number of aryl methyl sites for hydroxylation is 2. The summed E-state index contributed by atoms with van der Waals surface area (Å²) in [6.45, 7) is 1.46. The second kappa shape index (κ2) is 8.36. The van der Waals surface area contributed by atoms with Crippen molar-refractivity contribution in [3.8, 4) is 0 Å². The van der Waals surface area contributed by atoms with Crippen molar-refractivity contribution >= 4 is 50.6 Å². The van der Waals surface area contributed by atoms with Crippen molar-refractivity contribution in [3.63, 3.8) is 0 Å². The minimum Gasteiger partial charge on any atom is -0.339 e. The molecule has 2 heterocycles. The molecule has 0 saturated carbocycles. The van der Waals surface area contributed by atoms with E-state index in [1.807, 2.05) is 0 Å². The van der Waals surface area contributed by atoms with Gasteiger partial charge in [-0.2, -0.15) is 4.31 Å². The predicted octanol–water partition coefficient (Wildman–Crippen LogP) is 3.52. The maximum absolute atomic E-state index is 12.7. The molecule has 2 aromatic rings. The van der Waals surface area contributed by atoms with E-state index in [0.29, 0.717) is 36.3 Å². The summed E-state index contributed by atoms with van der Waals surface area (Å²) in [5.41, 5.74) is 2.84. The number of hydrogen-bond acceptors (Lipinski definition) is 5. The number of carbonyl (C=O) groups is 1. The Morgan fingerprint density at radius 2 is 1.82 bits per heavy atom. The Kier molecular flexibility index (Phi) is 6.04. The maximum Gasteiger partial charge on any atom is 0.252 e. The zero-order valence-corrected chi connectivity index (χ0v) is 18.5. The van der Waals surface area contributed by atoms with Gasteiger partial charge in [0.05, 0.1) is 10.1 Å². The number of nitrogens with zero attached hydrogens (tertiary/aromatic N) is 2. The Morgan fingerprint density at radius 1 is 1.07 bits per heavy atom. The molecule has 0 unspecified atom stereocenters. The van der Waals surface area contributed by atoms with E-state index in [1.54, 1.807) is 22.7 Å². The first kappa shape index (κ1) is 20.2. The van der Waals surface area contributed by atoms with Crippen molar-refractivity contribution < 1.29 is 13.2 Å². The van der Waals surface area contributed by atoms with E-state index in [2.05, 4.69) is 18.2 Å². The van der Waals surface area contributed by atoms with E-state index in [4.69, 9.17) is 11.6 Å². The van der Waals surface area contributed by atoms with Crippen molar-refractivity contribution in [2.75, 3.05) is 31.9 Å². The SMILES string of the molecule is O=C(CSc1ccc2c(c1)CCC2)N1CCN(S(=O)(=O)c2ccc(Cl)s2)CC1. The van der Waals surface area contributed by atoms with Gasteiger partial charge in [0, 0.05) is 31.1 Å². The number of halogens is 1. The summed E-state index contributed by atoms with van der Waals surface area (Å²) in [4.78, 5) is 15.4. The number of benzene rings is 1. The summed E-state index contributed by atoms with van der Waals surface area (Å²) >= 11 is 8.49. The molecule has 0 N–H and O–H groups in total. The monoisotopic (exact) mass is 456 g/mol. The topological polar surface area (TPSA) is 57.7 Å². The van der Waals surface area contributed by atoms with Crippen molar-refractivity contribution in [3.05, 3.63) is 45.8 Å². The van der Waals surface area contributed by atoms with Gasteiger partial charge in [-0.3, -0.25) is 4.79 Å². The Hall–Kier alpha value is -1.06. The van der Waals surface area contributed by atoms with Gasteiger partial charge in [0.2, 0.25) is 5.91 Å². The molecule has 1 aliphatic heterocycles. The molecular formula is C19H21ClN2O3S3. The Balaban J connectivity index is 1.30. The van der Waals surface area contributed by atoms with E-state index in [1.165, 1.54) is 27.9 Å². The van der Waals surface area contributed by atoms with Crippen LogP contribution in [0.3, 0.4) is 0 Å². The molecule has 0 atom stereocenters. The highest BCUT2D eigenvalue weighted by Crippen LogP contribution is 2.29. The van der Waals surface area contributed by atoms with Crippen molar-refractivity contribution in [1.82, 2.24) is 9.21 Å². The van der Waals surface area contributed by atoms with Crippen LogP contribution in [0.25, 0.3) is 0 Å². The number of hydrogen-bond donors (Lipinski definition) is 0. The molecule has 5 nitrogen and oxygen atoms in total. The number of thioether (sulfide) groups is 1.